The van der Waals surface area contributed by atoms with Crippen LogP contribution in [0.4, 0.5) is 17.6 Å². The molecular formula is C37H46F4O2. The second kappa shape index (κ2) is 16.8. The monoisotopic (exact) mass is 598 g/mol. The first kappa shape index (κ1) is 33.0. The quantitative estimate of drug-likeness (QED) is 0.121. The minimum absolute atomic E-state index is 0.0788. The average molecular weight is 599 g/mol. The Morgan fingerprint density at radius 3 is 1.81 bits per heavy atom. The Balaban J connectivity index is 1.37. The molecule has 3 aromatic carbocycles. The molecule has 1 fully saturated rings. The highest BCUT2D eigenvalue weighted by Gasteiger charge is 2.27. The van der Waals surface area contributed by atoms with Crippen LogP contribution in [0.15, 0.2) is 48.5 Å². The molecule has 0 aromatic heterocycles. The molecule has 0 radical (unpaired) electrons. The lowest BCUT2D eigenvalue weighted by atomic mass is 9.90. The van der Waals surface area contributed by atoms with Gasteiger partial charge >= 0.3 is 0 Å². The maximum absolute atomic E-state index is 15.3. The fraction of sp³-hybridized carbons (Fsp3) is 0.514. The standard InChI is InChI=1S/C37H46F4O2/c1-3-5-7-9-11-13-26-14-22-32(43-25-26)31-20-19-29(34(38)36(31)40)27-15-17-28(18-16-27)30-21-23-33(37(41)35(30)39)42-24-12-10-8-6-4-2/h15-21,23,26,32H,3-14,22,24-25H2,1-2H3. The molecule has 4 rings (SSSR count). The molecular weight excluding hydrogens is 552 g/mol. The van der Waals surface area contributed by atoms with E-state index in [-0.39, 0.29) is 22.4 Å². The molecule has 2 atom stereocenters. The summed E-state index contributed by atoms with van der Waals surface area (Å²) in [5.74, 6) is -3.47. The Morgan fingerprint density at radius 1 is 0.628 bits per heavy atom. The third-order valence-electron chi connectivity index (χ3n) is 8.60. The van der Waals surface area contributed by atoms with Crippen molar-refractivity contribution < 1.29 is 27.0 Å². The molecule has 234 valence electrons. The van der Waals surface area contributed by atoms with Gasteiger partial charge in [0.25, 0.3) is 0 Å². The van der Waals surface area contributed by atoms with Crippen molar-refractivity contribution in [3.8, 4) is 28.0 Å². The van der Waals surface area contributed by atoms with Crippen molar-refractivity contribution >= 4 is 0 Å². The van der Waals surface area contributed by atoms with Crippen LogP contribution in [0.1, 0.15) is 109 Å². The first-order chi connectivity index (χ1) is 20.9. The van der Waals surface area contributed by atoms with E-state index in [9.17, 15) is 8.78 Å². The van der Waals surface area contributed by atoms with Gasteiger partial charge in [-0.05, 0) is 54.9 Å². The summed E-state index contributed by atoms with van der Waals surface area (Å²) in [5.41, 5.74) is 1.32. The lowest BCUT2D eigenvalue weighted by Gasteiger charge is -2.30. The number of hydrogen-bond donors (Lipinski definition) is 0. The SMILES string of the molecule is CCCCCCCOc1ccc(-c2ccc(-c3ccc(C4CCC(CCCCCCC)CO4)c(F)c3F)cc2)c(F)c1F. The smallest absolute Gasteiger partial charge is 0.201 e. The van der Waals surface area contributed by atoms with Gasteiger partial charge in [-0.2, -0.15) is 4.39 Å². The van der Waals surface area contributed by atoms with Crippen LogP contribution < -0.4 is 4.74 Å². The fourth-order valence-electron chi connectivity index (χ4n) is 5.93. The predicted molar refractivity (Wildman–Crippen MR) is 166 cm³/mol. The Bertz CT molecular complexity index is 1280. The molecule has 0 aliphatic carbocycles. The first-order valence-corrected chi connectivity index (χ1v) is 16.3. The number of benzene rings is 3. The minimum atomic E-state index is -1.03. The van der Waals surface area contributed by atoms with Gasteiger partial charge in [0.2, 0.25) is 5.82 Å². The van der Waals surface area contributed by atoms with Crippen LogP contribution in [0.3, 0.4) is 0 Å². The summed E-state index contributed by atoms with van der Waals surface area (Å²) in [6, 6.07) is 12.4. The highest BCUT2D eigenvalue weighted by molar-refractivity contribution is 5.71. The van der Waals surface area contributed by atoms with Crippen LogP contribution in [0.25, 0.3) is 22.3 Å². The molecule has 0 N–H and O–H groups in total. The lowest BCUT2D eigenvalue weighted by Crippen LogP contribution is -2.21. The van der Waals surface area contributed by atoms with Gasteiger partial charge in [0, 0.05) is 16.7 Å². The summed E-state index contributed by atoms with van der Waals surface area (Å²) in [7, 11) is 0. The van der Waals surface area contributed by atoms with Gasteiger partial charge < -0.3 is 9.47 Å². The minimum Gasteiger partial charge on any atom is -0.490 e. The summed E-state index contributed by atoms with van der Waals surface area (Å²) in [5, 5.41) is 0. The van der Waals surface area contributed by atoms with Crippen LogP contribution in [-0.4, -0.2) is 13.2 Å². The van der Waals surface area contributed by atoms with Crippen LogP contribution in [0.5, 0.6) is 5.75 Å². The fourth-order valence-corrected chi connectivity index (χ4v) is 5.93. The van der Waals surface area contributed by atoms with Crippen molar-refractivity contribution in [3.63, 3.8) is 0 Å². The van der Waals surface area contributed by atoms with Gasteiger partial charge in [-0.3, -0.25) is 0 Å². The molecule has 3 aromatic rings. The molecule has 1 heterocycles. The second-order valence-corrected chi connectivity index (χ2v) is 11.9. The Kier molecular flexibility index (Phi) is 12.9. The van der Waals surface area contributed by atoms with Gasteiger partial charge in [0.05, 0.1) is 19.3 Å². The molecule has 0 amide bonds. The van der Waals surface area contributed by atoms with Gasteiger partial charge in [0.15, 0.2) is 23.2 Å². The molecule has 2 unspecified atom stereocenters. The highest BCUT2D eigenvalue weighted by atomic mass is 19.2. The van der Waals surface area contributed by atoms with Crippen molar-refractivity contribution in [2.45, 2.75) is 103 Å². The van der Waals surface area contributed by atoms with Gasteiger partial charge in [-0.25, -0.2) is 13.2 Å². The van der Waals surface area contributed by atoms with E-state index >= 15 is 8.78 Å². The largest absolute Gasteiger partial charge is 0.490 e. The van der Waals surface area contributed by atoms with E-state index in [0.717, 1.165) is 44.9 Å². The van der Waals surface area contributed by atoms with Crippen LogP contribution in [0.2, 0.25) is 0 Å². The molecule has 43 heavy (non-hydrogen) atoms. The first-order valence-electron chi connectivity index (χ1n) is 16.3. The van der Waals surface area contributed by atoms with E-state index in [1.54, 1.807) is 36.4 Å². The summed E-state index contributed by atoms with van der Waals surface area (Å²) in [4.78, 5) is 0. The van der Waals surface area contributed by atoms with E-state index < -0.39 is 29.4 Å². The maximum atomic E-state index is 15.3. The third-order valence-corrected chi connectivity index (χ3v) is 8.60. The normalized spacial score (nSPS) is 16.9. The summed E-state index contributed by atoms with van der Waals surface area (Å²) >= 11 is 0. The van der Waals surface area contributed by atoms with Gasteiger partial charge in [-0.15, -0.1) is 0 Å². The van der Waals surface area contributed by atoms with Crippen molar-refractivity contribution in [2.75, 3.05) is 13.2 Å². The van der Waals surface area contributed by atoms with Crippen LogP contribution in [-0.2, 0) is 4.74 Å². The summed E-state index contributed by atoms with van der Waals surface area (Å²) < 4.78 is 71.6. The number of hydrogen-bond acceptors (Lipinski definition) is 2. The molecule has 1 saturated heterocycles. The maximum Gasteiger partial charge on any atom is 0.201 e. The molecule has 1 aliphatic heterocycles. The summed E-state index contributed by atoms with van der Waals surface area (Å²) in [6.07, 6.45) is 13.7. The molecule has 2 nitrogen and oxygen atoms in total. The number of ether oxygens (including phenoxy) is 2. The predicted octanol–water partition coefficient (Wildman–Crippen LogP) is 11.8. The number of unbranched alkanes of at least 4 members (excludes halogenated alkanes) is 8. The molecule has 0 spiro atoms. The third kappa shape index (κ3) is 8.84. The highest BCUT2D eigenvalue weighted by Crippen LogP contribution is 2.37. The zero-order chi connectivity index (χ0) is 30.6. The Hall–Kier alpha value is -2.86. The molecule has 0 bridgehead atoms. The molecule has 1 aliphatic rings. The van der Waals surface area contributed by atoms with E-state index in [4.69, 9.17) is 9.47 Å². The van der Waals surface area contributed by atoms with Gasteiger partial charge in [0.1, 0.15) is 0 Å². The molecule has 0 saturated carbocycles. The van der Waals surface area contributed by atoms with Crippen LogP contribution in [0, 0.1) is 29.2 Å². The number of rotatable bonds is 16. The Morgan fingerprint density at radius 2 is 1.21 bits per heavy atom. The summed E-state index contributed by atoms with van der Waals surface area (Å²) in [6.45, 7) is 5.25. The van der Waals surface area contributed by atoms with Crippen molar-refractivity contribution in [2.24, 2.45) is 5.92 Å². The lowest BCUT2D eigenvalue weighted by molar-refractivity contribution is -0.0218. The number of halogens is 4. The van der Waals surface area contributed by atoms with E-state index in [1.165, 1.54) is 44.2 Å². The van der Waals surface area contributed by atoms with E-state index in [0.29, 0.717) is 36.7 Å². The van der Waals surface area contributed by atoms with E-state index in [1.807, 2.05) is 0 Å². The zero-order valence-electron chi connectivity index (χ0n) is 25.7. The average Bonchev–Trinajstić information content (AvgIpc) is 3.03. The van der Waals surface area contributed by atoms with Crippen molar-refractivity contribution in [3.05, 3.63) is 77.4 Å². The second-order valence-electron chi connectivity index (χ2n) is 11.9. The van der Waals surface area contributed by atoms with Crippen LogP contribution >= 0.6 is 0 Å². The molecule has 6 heteroatoms. The Labute approximate surface area is 254 Å². The van der Waals surface area contributed by atoms with Gasteiger partial charge in [-0.1, -0.05) is 108 Å². The topological polar surface area (TPSA) is 18.5 Å². The van der Waals surface area contributed by atoms with Crippen molar-refractivity contribution in [1.82, 2.24) is 0 Å². The van der Waals surface area contributed by atoms with Crippen molar-refractivity contribution in [1.29, 1.82) is 0 Å². The zero-order valence-corrected chi connectivity index (χ0v) is 25.7. The van der Waals surface area contributed by atoms with E-state index in [2.05, 4.69) is 13.8 Å².